The molecule has 0 saturated carbocycles. The predicted molar refractivity (Wildman–Crippen MR) is 137 cm³/mol. The quantitative estimate of drug-likeness (QED) is 0.517. The normalized spacial score (nSPS) is 16.9. The van der Waals surface area contributed by atoms with E-state index in [0.717, 1.165) is 43.9 Å². The molecule has 0 bridgehead atoms. The van der Waals surface area contributed by atoms with Crippen molar-refractivity contribution in [2.75, 3.05) is 38.2 Å². The minimum absolute atomic E-state index is 0.148. The number of phenols is 1. The van der Waals surface area contributed by atoms with Gasteiger partial charge in [-0.3, -0.25) is 9.69 Å². The van der Waals surface area contributed by atoms with Gasteiger partial charge >= 0.3 is 0 Å². The molecule has 0 atom stereocenters. The molecule has 0 aliphatic carbocycles. The first-order valence-electron chi connectivity index (χ1n) is 12.0. The highest BCUT2D eigenvalue weighted by Gasteiger charge is 2.32. The van der Waals surface area contributed by atoms with Crippen LogP contribution in [0.25, 0.3) is 6.08 Å². The number of aryl methyl sites for hydroxylation is 1. The van der Waals surface area contributed by atoms with Crippen LogP contribution < -0.4 is 14.4 Å². The number of rotatable bonds is 6. The molecule has 5 rings (SSSR count). The maximum Gasteiger partial charge on any atom is 0.231 e. The van der Waals surface area contributed by atoms with E-state index < -0.39 is 0 Å². The van der Waals surface area contributed by atoms with Crippen molar-refractivity contribution in [2.24, 2.45) is 0 Å². The summed E-state index contributed by atoms with van der Waals surface area (Å²) < 4.78 is 11.3. The molecule has 6 nitrogen and oxygen atoms in total. The Bertz CT molecular complexity index is 1240. The van der Waals surface area contributed by atoms with Gasteiger partial charge in [0.25, 0.3) is 0 Å². The molecule has 3 aromatic rings. The van der Waals surface area contributed by atoms with Crippen molar-refractivity contribution in [1.82, 2.24) is 4.90 Å². The lowest BCUT2D eigenvalue weighted by Gasteiger charge is -2.36. The summed E-state index contributed by atoms with van der Waals surface area (Å²) in [5.41, 5.74) is 4.50. The molecule has 0 unspecified atom stereocenters. The topological polar surface area (TPSA) is 62.2 Å². The number of nitrogens with zero attached hydrogens (tertiary/aromatic N) is 2. The zero-order valence-electron chi connectivity index (χ0n) is 20.2. The van der Waals surface area contributed by atoms with E-state index in [9.17, 15) is 9.90 Å². The standard InChI is InChI=1S/C29H30N2O4/c1-3-20-4-6-21(7-5-20)18-27-28(33)24-12-13-26(32)25(29(24)35-27)19-30-14-16-31(17-15-30)22-8-10-23(34-2)11-9-22/h4-13,18,32H,3,14-17,19H2,1-2H3/b27-18+. The van der Waals surface area contributed by atoms with Crippen LogP contribution >= 0.6 is 0 Å². The van der Waals surface area contributed by atoms with Crippen LogP contribution in [0.3, 0.4) is 0 Å². The van der Waals surface area contributed by atoms with Crippen molar-refractivity contribution < 1.29 is 19.4 Å². The smallest absolute Gasteiger partial charge is 0.231 e. The largest absolute Gasteiger partial charge is 0.507 e. The lowest BCUT2D eigenvalue weighted by atomic mass is 10.0. The van der Waals surface area contributed by atoms with Crippen molar-refractivity contribution in [2.45, 2.75) is 19.9 Å². The monoisotopic (exact) mass is 470 g/mol. The van der Waals surface area contributed by atoms with Crippen LogP contribution in [0.15, 0.2) is 66.4 Å². The number of carbonyl (C=O) groups is 1. The van der Waals surface area contributed by atoms with E-state index in [1.54, 1.807) is 25.3 Å². The van der Waals surface area contributed by atoms with Crippen LogP contribution in [-0.4, -0.2) is 49.1 Å². The van der Waals surface area contributed by atoms with Crippen molar-refractivity contribution in [1.29, 1.82) is 0 Å². The zero-order valence-corrected chi connectivity index (χ0v) is 20.2. The molecule has 3 aromatic carbocycles. The summed E-state index contributed by atoms with van der Waals surface area (Å²) in [6, 6.07) is 19.5. The number of fused-ring (bicyclic) bond motifs is 1. The Kier molecular flexibility index (Phi) is 6.47. The fourth-order valence-corrected chi connectivity index (χ4v) is 4.63. The van der Waals surface area contributed by atoms with Crippen molar-refractivity contribution >= 4 is 17.5 Å². The fraction of sp³-hybridized carbons (Fsp3) is 0.276. The molecule has 2 aliphatic rings. The van der Waals surface area contributed by atoms with E-state index in [1.165, 1.54) is 11.3 Å². The molecule has 180 valence electrons. The third-order valence-corrected chi connectivity index (χ3v) is 6.79. The lowest BCUT2D eigenvalue weighted by Crippen LogP contribution is -2.46. The molecule has 2 aliphatic heterocycles. The van der Waals surface area contributed by atoms with Gasteiger partial charge in [0.2, 0.25) is 5.78 Å². The van der Waals surface area contributed by atoms with Gasteiger partial charge in [-0.05, 0) is 60.0 Å². The summed E-state index contributed by atoms with van der Waals surface area (Å²) in [6.45, 7) is 6.07. The van der Waals surface area contributed by atoms with Crippen LogP contribution in [0.2, 0.25) is 0 Å². The number of anilines is 1. The molecule has 0 amide bonds. The molecule has 2 heterocycles. The van der Waals surface area contributed by atoms with Gasteiger partial charge in [-0.15, -0.1) is 0 Å². The highest BCUT2D eigenvalue weighted by molar-refractivity contribution is 6.15. The van der Waals surface area contributed by atoms with Gasteiger partial charge in [-0.2, -0.15) is 0 Å². The van der Waals surface area contributed by atoms with Gasteiger partial charge in [-0.25, -0.2) is 0 Å². The number of methoxy groups -OCH3 is 1. The van der Waals surface area contributed by atoms with E-state index in [0.29, 0.717) is 29.2 Å². The van der Waals surface area contributed by atoms with Gasteiger partial charge in [0, 0.05) is 38.4 Å². The van der Waals surface area contributed by atoms with Gasteiger partial charge in [0.1, 0.15) is 17.2 Å². The molecular weight excluding hydrogens is 440 g/mol. The third kappa shape index (κ3) is 4.75. The molecule has 1 N–H and O–H groups in total. The second-order valence-electron chi connectivity index (χ2n) is 8.94. The average Bonchev–Trinajstić information content (AvgIpc) is 3.21. The first-order valence-corrected chi connectivity index (χ1v) is 12.0. The Balaban J connectivity index is 1.29. The number of aromatic hydroxyl groups is 1. The number of carbonyl (C=O) groups excluding carboxylic acids is 1. The Morgan fingerprint density at radius 2 is 1.69 bits per heavy atom. The summed E-state index contributed by atoms with van der Waals surface area (Å²) in [4.78, 5) is 17.7. The van der Waals surface area contributed by atoms with Crippen molar-refractivity contribution in [3.8, 4) is 17.2 Å². The summed E-state index contributed by atoms with van der Waals surface area (Å²) in [7, 11) is 1.67. The van der Waals surface area contributed by atoms with Gasteiger partial charge in [0.15, 0.2) is 5.76 Å². The minimum Gasteiger partial charge on any atom is -0.507 e. The third-order valence-electron chi connectivity index (χ3n) is 6.79. The van der Waals surface area contributed by atoms with Crippen LogP contribution in [-0.2, 0) is 13.0 Å². The molecule has 6 heteroatoms. The summed E-state index contributed by atoms with van der Waals surface area (Å²) in [6.07, 6.45) is 2.74. The van der Waals surface area contributed by atoms with Crippen LogP contribution in [0.4, 0.5) is 5.69 Å². The number of ether oxygens (including phenoxy) is 2. The lowest BCUT2D eigenvalue weighted by molar-refractivity contribution is 0.101. The number of phenolic OH excluding ortho intramolecular Hbond substituents is 1. The number of Topliss-reactive ketones (excluding diaryl/α,β-unsaturated/α-hetero) is 1. The van der Waals surface area contributed by atoms with Gasteiger partial charge in [0.05, 0.1) is 18.2 Å². The summed E-state index contributed by atoms with van der Waals surface area (Å²) in [5.74, 6) is 1.62. The maximum atomic E-state index is 13.0. The molecule has 0 aromatic heterocycles. The van der Waals surface area contributed by atoms with Crippen molar-refractivity contribution in [3.05, 3.63) is 88.7 Å². The highest BCUT2D eigenvalue weighted by atomic mass is 16.5. The first-order chi connectivity index (χ1) is 17.1. The number of piperazine rings is 1. The van der Waals surface area contributed by atoms with Crippen LogP contribution in [0, 0.1) is 0 Å². The second-order valence-corrected chi connectivity index (χ2v) is 8.94. The molecular formula is C29H30N2O4. The second kappa shape index (κ2) is 9.84. The fourth-order valence-electron chi connectivity index (χ4n) is 4.63. The number of allylic oxidation sites excluding steroid dienone is 1. The Morgan fingerprint density at radius 1 is 0.971 bits per heavy atom. The molecule has 1 fully saturated rings. The van der Waals surface area contributed by atoms with E-state index in [4.69, 9.17) is 9.47 Å². The van der Waals surface area contributed by atoms with E-state index in [2.05, 4.69) is 41.0 Å². The Morgan fingerprint density at radius 3 is 2.34 bits per heavy atom. The number of ketones is 1. The predicted octanol–water partition coefficient (Wildman–Crippen LogP) is 4.90. The molecule has 0 radical (unpaired) electrons. The first kappa shape index (κ1) is 23.0. The molecule has 1 saturated heterocycles. The number of hydrogen-bond donors (Lipinski definition) is 1. The maximum absolute atomic E-state index is 13.0. The zero-order chi connectivity index (χ0) is 24.4. The minimum atomic E-state index is -0.148. The summed E-state index contributed by atoms with van der Waals surface area (Å²) >= 11 is 0. The SMILES string of the molecule is CCc1ccc(/C=C2/Oc3c(ccc(O)c3CN3CCN(c4ccc(OC)cc4)CC3)C2=O)cc1. The Labute approximate surface area is 206 Å². The summed E-state index contributed by atoms with van der Waals surface area (Å²) in [5, 5.41) is 10.6. The highest BCUT2D eigenvalue weighted by Crippen LogP contribution is 2.40. The number of benzene rings is 3. The average molecular weight is 471 g/mol. The molecule has 0 spiro atoms. The van der Waals surface area contributed by atoms with E-state index >= 15 is 0 Å². The Hall–Kier alpha value is -3.77. The van der Waals surface area contributed by atoms with Gasteiger partial charge in [-0.1, -0.05) is 31.2 Å². The van der Waals surface area contributed by atoms with Crippen LogP contribution in [0.1, 0.15) is 34.0 Å². The van der Waals surface area contributed by atoms with Crippen LogP contribution in [0.5, 0.6) is 17.2 Å². The van der Waals surface area contributed by atoms with E-state index in [1.807, 2.05) is 24.3 Å². The number of hydrogen-bond acceptors (Lipinski definition) is 6. The van der Waals surface area contributed by atoms with E-state index in [-0.39, 0.29) is 11.5 Å². The van der Waals surface area contributed by atoms with Crippen molar-refractivity contribution in [3.63, 3.8) is 0 Å². The molecule has 35 heavy (non-hydrogen) atoms. The van der Waals surface area contributed by atoms with Gasteiger partial charge < -0.3 is 19.5 Å².